The zero-order valence-corrected chi connectivity index (χ0v) is 11.8. The Bertz CT molecular complexity index is 638. The van der Waals surface area contributed by atoms with Crippen LogP contribution in [0.1, 0.15) is 21.5 Å². The van der Waals surface area contributed by atoms with Gasteiger partial charge in [0.1, 0.15) is 0 Å². The predicted molar refractivity (Wildman–Crippen MR) is 79.4 cm³/mol. The van der Waals surface area contributed by atoms with E-state index in [0.717, 1.165) is 4.90 Å². The molecule has 0 fully saturated rings. The fraction of sp³-hybridized carbons (Fsp3) is 0.133. The van der Waals surface area contributed by atoms with Crippen molar-refractivity contribution in [3.8, 4) is 0 Å². The van der Waals surface area contributed by atoms with E-state index in [1.165, 1.54) is 16.0 Å². The second-order valence-electron chi connectivity index (χ2n) is 4.49. The molecular weight excluding hydrogens is 256 g/mol. The number of anilines is 1. The Labute approximate surface area is 117 Å². The highest BCUT2D eigenvalue weighted by atomic mass is 32.2. The quantitative estimate of drug-likeness (QED) is 0.843. The number of aryl methyl sites for hydroxylation is 2. The number of carbonyl (C=O) groups is 1. The van der Waals surface area contributed by atoms with E-state index < -0.39 is 5.91 Å². The molecule has 2 aromatic rings. The van der Waals surface area contributed by atoms with E-state index in [4.69, 9.17) is 11.5 Å². The van der Waals surface area contributed by atoms with Crippen LogP contribution in [-0.4, -0.2) is 5.91 Å². The smallest absolute Gasteiger partial charge is 0.248 e. The van der Waals surface area contributed by atoms with Gasteiger partial charge in [0, 0.05) is 21.0 Å². The molecule has 0 saturated heterocycles. The summed E-state index contributed by atoms with van der Waals surface area (Å²) in [6, 6.07) is 11.5. The lowest BCUT2D eigenvalue weighted by molar-refractivity contribution is 0.100. The van der Waals surface area contributed by atoms with Crippen LogP contribution in [0, 0.1) is 13.8 Å². The van der Waals surface area contributed by atoms with Gasteiger partial charge in [-0.2, -0.15) is 0 Å². The topological polar surface area (TPSA) is 69.1 Å². The average molecular weight is 272 g/mol. The van der Waals surface area contributed by atoms with Crippen LogP contribution in [0.2, 0.25) is 0 Å². The molecule has 4 heteroatoms. The standard InChI is InChI=1S/C15H16N2OS/c1-9-3-4-10(2)14(7-9)19-13-6-5-11(15(17)18)8-12(13)16/h3-8H,16H2,1-2H3,(H2,17,18). The first-order chi connectivity index (χ1) is 8.97. The van der Waals surface area contributed by atoms with Crippen molar-refractivity contribution >= 4 is 23.4 Å². The summed E-state index contributed by atoms with van der Waals surface area (Å²) in [6.45, 7) is 4.12. The second kappa shape index (κ2) is 5.36. The van der Waals surface area contributed by atoms with E-state index in [1.807, 2.05) is 6.07 Å². The highest BCUT2D eigenvalue weighted by Crippen LogP contribution is 2.34. The van der Waals surface area contributed by atoms with Gasteiger partial charge in [-0.25, -0.2) is 0 Å². The SMILES string of the molecule is Cc1ccc(C)c(Sc2ccc(C(N)=O)cc2N)c1. The van der Waals surface area contributed by atoms with Gasteiger partial charge in [0.05, 0.1) is 0 Å². The van der Waals surface area contributed by atoms with Crippen molar-refractivity contribution < 1.29 is 4.79 Å². The fourth-order valence-electron chi connectivity index (χ4n) is 1.73. The van der Waals surface area contributed by atoms with Crippen LogP contribution in [-0.2, 0) is 0 Å². The molecule has 0 radical (unpaired) electrons. The Morgan fingerprint density at radius 1 is 1.05 bits per heavy atom. The van der Waals surface area contributed by atoms with Gasteiger partial charge in [0.25, 0.3) is 0 Å². The maximum atomic E-state index is 11.1. The molecule has 3 nitrogen and oxygen atoms in total. The van der Waals surface area contributed by atoms with Crippen molar-refractivity contribution in [2.75, 3.05) is 5.73 Å². The number of carbonyl (C=O) groups excluding carboxylic acids is 1. The summed E-state index contributed by atoms with van der Waals surface area (Å²) in [5.74, 6) is -0.463. The van der Waals surface area contributed by atoms with Crippen LogP contribution in [0.5, 0.6) is 0 Å². The van der Waals surface area contributed by atoms with Gasteiger partial charge in [0.2, 0.25) is 5.91 Å². The Morgan fingerprint density at radius 3 is 2.42 bits per heavy atom. The lowest BCUT2D eigenvalue weighted by Crippen LogP contribution is -2.11. The van der Waals surface area contributed by atoms with Crippen LogP contribution in [0.4, 0.5) is 5.69 Å². The lowest BCUT2D eigenvalue weighted by atomic mass is 10.2. The molecule has 98 valence electrons. The minimum Gasteiger partial charge on any atom is -0.398 e. The average Bonchev–Trinajstić information content (AvgIpc) is 2.36. The summed E-state index contributed by atoms with van der Waals surface area (Å²) < 4.78 is 0. The van der Waals surface area contributed by atoms with Gasteiger partial charge < -0.3 is 11.5 Å². The normalized spacial score (nSPS) is 10.4. The summed E-state index contributed by atoms with van der Waals surface area (Å²) in [4.78, 5) is 13.2. The highest BCUT2D eigenvalue weighted by molar-refractivity contribution is 7.99. The van der Waals surface area contributed by atoms with E-state index in [0.29, 0.717) is 11.3 Å². The summed E-state index contributed by atoms with van der Waals surface area (Å²) in [6.07, 6.45) is 0. The van der Waals surface area contributed by atoms with Gasteiger partial charge in [-0.1, -0.05) is 23.9 Å². The molecule has 0 bridgehead atoms. The van der Waals surface area contributed by atoms with Crippen LogP contribution in [0.25, 0.3) is 0 Å². The summed E-state index contributed by atoms with van der Waals surface area (Å²) in [5.41, 5.74) is 14.6. The van der Waals surface area contributed by atoms with Crippen LogP contribution >= 0.6 is 11.8 Å². The minimum absolute atomic E-state index is 0.433. The molecule has 0 unspecified atom stereocenters. The molecule has 2 aromatic carbocycles. The zero-order chi connectivity index (χ0) is 14.0. The van der Waals surface area contributed by atoms with Gasteiger partial charge in [-0.15, -0.1) is 0 Å². The summed E-state index contributed by atoms with van der Waals surface area (Å²) in [5, 5.41) is 0. The molecule has 0 aromatic heterocycles. The van der Waals surface area contributed by atoms with Gasteiger partial charge >= 0.3 is 0 Å². The van der Waals surface area contributed by atoms with Crippen molar-refractivity contribution in [1.82, 2.24) is 0 Å². The first kappa shape index (κ1) is 13.5. The summed E-state index contributed by atoms with van der Waals surface area (Å²) >= 11 is 1.60. The van der Waals surface area contributed by atoms with Crippen molar-refractivity contribution in [1.29, 1.82) is 0 Å². The number of rotatable bonds is 3. The van der Waals surface area contributed by atoms with E-state index in [-0.39, 0.29) is 0 Å². The van der Waals surface area contributed by atoms with Crippen molar-refractivity contribution in [2.24, 2.45) is 5.73 Å². The van der Waals surface area contributed by atoms with Crippen LogP contribution < -0.4 is 11.5 Å². The van der Waals surface area contributed by atoms with Crippen LogP contribution in [0.15, 0.2) is 46.2 Å². The predicted octanol–water partition coefficient (Wildman–Crippen LogP) is 3.14. The number of amides is 1. The maximum Gasteiger partial charge on any atom is 0.248 e. The maximum absolute atomic E-state index is 11.1. The first-order valence-corrected chi connectivity index (χ1v) is 6.73. The molecule has 0 spiro atoms. The number of hydrogen-bond donors (Lipinski definition) is 2. The number of hydrogen-bond acceptors (Lipinski definition) is 3. The number of nitrogens with two attached hydrogens (primary N) is 2. The molecule has 19 heavy (non-hydrogen) atoms. The third-order valence-corrected chi connectivity index (χ3v) is 4.11. The highest BCUT2D eigenvalue weighted by Gasteiger charge is 2.08. The van der Waals surface area contributed by atoms with E-state index in [2.05, 4.69) is 32.0 Å². The molecule has 4 N–H and O–H groups in total. The van der Waals surface area contributed by atoms with Crippen molar-refractivity contribution in [3.63, 3.8) is 0 Å². The molecule has 0 aliphatic heterocycles. The van der Waals surface area contributed by atoms with Crippen LogP contribution in [0.3, 0.4) is 0 Å². The molecule has 0 saturated carbocycles. The van der Waals surface area contributed by atoms with Gasteiger partial charge in [-0.3, -0.25) is 4.79 Å². The van der Waals surface area contributed by atoms with Gasteiger partial charge in [0.15, 0.2) is 0 Å². The second-order valence-corrected chi connectivity index (χ2v) is 5.57. The Morgan fingerprint density at radius 2 is 1.79 bits per heavy atom. The van der Waals surface area contributed by atoms with Crippen molar-refractivity contribution in [3.05, 3.63) is 53.1 Å². The first-order valence-electron chi connectivity index (χ1n) is 5.92. The molecule has 0 aliphatic rings. The fourth-order valence-corrected chi connectivity index (χ4v) is 2.75. The van der Waals surface area contributed by atoms with E-state index >= 15 is 0 Å². The largest absolute Gasteiger partial charge is 0.398 e. The number of primary amides is 1. The third-order valence-electron chi connectivity index (χ3n) is 2.86. The van der Waals surface area contributed by atoms with E-state index in [1.54, 1.807) is 23.9 Å². The molecule has 0 heterocycles. The Hall–Kier alpha value is -1.94. The lowest BCUT2D eigenvalue weighted by Gasteiger charge is -2.09. The minimum atomic E-state index is -0.463. The molecule has 2 rings (SSSR count). The molecule has 0 atom stereocenters. The molecule has 1 amide bonds. The van der Waals surface area contributed by atoms with Gasteiger partial charge in [-0.05, 0) is 49.2 Å². The molecule has 0 aliphatic carbocycles. The van der Waals surface area contributed by atoms with E-state index in [9.17, 15) is 4.79 Å². The number of nitrogen functional groups attached to an aromatic ring is 1. The monoisotopic (exact) mass is 272 g/mol. The zero-order valence-electron chi connectivity index (χ0n) is 10.9. The van der Waals surface area contributed by atoms with Crippen molar-refractivity contribution in [2.45, 2.75) is 23.6 Å². The Kier molecular flexibility index (Phi) is 3.81. The third kappa shape index (κ3) is 3.09. The molecular formula is C15H16N2OS. The Balaban J connectivity index is 2.33. The summed E-state index contributed by atoms with van der Waals surface area (Å²) in [7, 11) is 0. The number of benzene rings is 2.